The van der Waals surface area contributed by atoms with Crippen molar-refractivity contribution in [3.8, 4) is 5.75 Å². The lowest BCUT2D eigenvalue weighted by atomic mass is 10.1. The highest BCUT2D eigenvalue weighted by atomic mass is 16.5. The Hall–Kier alpha value is -5.57. The monoisotopic (exact) mass is 520 g/mol. The van der Waals surface area contributed by atoms with Crippen molar-refractivity contribution in [2.45, 2.75) is 6.92 Å². The number of rotatable bonds is 7. The summed E-state index contributed by atoms with van der Waals surface area (Å²) in [5.41, 5.74) is 4.98. The van der Waals surface area contributed by atoms with Crippen LogP contribution in [0.15, 0.2) is 108 Å². The van der Waals surface area contributed by atoms with Crippen molar-refractivity contribution in [2.24, 2.45) is 5.10 Å². The first kappa shape index (κ1) is 26.5. The summed E-state index contributed by atoms with van der Waals surface area (Å²) < 4.78 is 5.39. The summed E-state index contributed by atoms with van der Waals surface area (Å²) in [5, 5.41) is 8.97. The van der Waals surface area contributed by atoms with Crippen molar-refractivity contribution in [1.82, 2.24) is 5.43 Å². The summed E-state index contributed by atoms with van der Waals surface area (Å²) >= 11 is 0. The number of amides is 3. The van der Waals surface area contributed by atoms with Crippen molar-refractivity contribution < 1.29 is 23.9 Å². The predicted octanol–water partition coefficient (Wildman–Crippen LogP) is 4.56. The van der Waals surface area contributed by atoms with Crippen molar-refractivity contribution in [3.05, 3.63) is 125 Å². The van der Waals surface area contributed by atoms with Crippen LogP contribution >= 0.6 is 0 Å². The molecule has 0 saturated heterocycles. The van der Waals surface area contributed by atoms with Gasteiger partial charge in [0.1, 0.15) is 5.75 Å². The van der Waals surface area contributed by atoms with Crippen LogP contribution < -0.4 is 20.8 Å². The number of nitrogens with zero attached hydrogens (tertiary/aromatic N) is 1. The van der Waals surface area contributed by atoms with E-state index in [4.69, 9.17) is 4.74 Å². The topological polar surface area (TPSA) is 126 Å². The van der Waals surface area contributed by atoms with Gasteiger partial charge in [-0.15, -0.1) is 0 Å². The van der Waals surface area contributed by atoms with Gasteiger partial charge < -0.3 is 15.4 Å². The first-order valence-electron chi connectivity index (χ1n) is 11.9. The van der Waals surface area contributed by atoms with Gasteiger partial charge in [0.05, 0.1) is 23.0 Å². The van der Waals surface area contributed by atoms with E-state index in [0.29, 0.717) is 22.6 Å². The van der Waals surface area contributed by atoms with Crippen molar-refractivity contribution in [1.29, 1.82) is 0 Å². The van der Waals surface area contributed by atoms with E-state index in [1.54, 1.807) is 72.8 Å². The Morgan fingerprint density at radius 2 is 1.33 bits per heavy atom. The molecule has 0 bridgehead atoms. The fourth-order valence-electron chi connectivity index (χ4n) is 3.49. The molecule has 0 unspecified atom stereocenters. The maximum atomic E-state index is 12.7. The van der Waals surface area contributed by atoms with Crippen LogP contribution in [-0.4, -0.2) is 29.9 Å². The number of carbonyl (C=O) groups is 4. The predicted molar refractivity (Wildman–Crippen MR) is 148 cm³/mol. The minimum atomic E-state index is -1.02. The lowest BCUT2D eigenvalue weighted by Gasteiger charge is -2.11. The van der Waals surface area contributed by atoms with Crippen molar-refractivity contribution in [2.75, 3.05) is 10.6 Å². The van der Waals surface area contributed by atoms with Gasteiger partial charge in [-0.25, -0.2) is 10.2 Å². The molecule has 4 aromatic rings. The molecule has 0 aromatic heterocycles. The third kappa shape index (κ3) is 7.23. The molecule has 4 rings (SSSR count). The number of hydrogen-bond donors (Lipinski definition) is 3. The minimum Gasteiger partial charge on any atom is -0.423 e. The van der Waals surface area contributed by atoms with Gasteiger partial charge in [0.2, 0.25) is 0 Å². The average molecular weight is 521 g/mol. The molecule has 0 aliphatic heterocycles. The molecule has 0 radical (unpaired) electrons. The third-order valence-electron chi connectivity index (χ3n) is 5.49. The molecule has 3 amide bonds. The Labute approximate surface area is 224 Å². The maximum absolute atomic E-state index is 12.7. The van der Waals surface area contributed by atoms with Crippen LogP contribution in [-0.2, 0) is 9.59 Å². The number of anilines is 2. The van der Waals surface area contributed by atoms with E-state index < -0.39 is 23.7 Å². The standard InChI is InChI=1S/C30H24N4O5/c1-20-9-5-6-12-24(20)30(38)39-23-17-15-21(16-18-23)19-31-34-29(37)28(36)33-26-14-8-7-13-25(26)27(35)32-22-10-3-2-4-11-22/h2-19H,1H3,(H,32,35)(H,33,36)(H,34,37)/b31-19-. The number of aryl methyl sites for hydroxylation is 1. The minimum absolute atomic E-state index is 0.172. The van der Waals surface area contributed by atoms with Crippen LogP contribution in [0.3, 0.4) is 0 Å². The van der Waals surface area contributed by atoms with Gasteiger partial charge in [-0.3, -0.25) is 14.4 Å². The van der Waals surface area contributed by atoms with Gasteiger partial charge >= 0.3 is 17.8 Å². The average Bonchev–Trinajstić information content (AvgIpc) is 2.95. The Bertz CT molecular complexity index is 1530. The summed E-state index contributed by atoms with van der Waals surface area (Å²) in [6.07, 6.45) is 1.33. The summed E-state index contributed by atoms with van der Waals surface area (Å²) in [5.74, 6) is -2.58. The summed E-state index contributed by atoms with van der Waals surface area (Å²) in [4.78, 5) is 49.7. The van der Waals surface area contributed by atoms with Gasteiger partial charge in [0.25, 0.3) is 5.91 Å². The molecular formula is C30H24N4O5. The van der Waals surface area contributed by atoms with Gasteiger partial charge in [0.15, 0.2) is 0 Å². The van der Waals surface area contributed by atoms with Gasteiger partial charge in [-0.05, 0) is 72.6 Å². The molecule has 39 heavy (non-hydrogen) atoms. The Morgan fingerprint density at radius 1 is 0.692 bits per heavy atom. The quantitative estimate of drug-likeness (QED) is 0.108. The highest BCUT2D eigenvalue weighted by molar-refractivity contribution is 6.40. The number of ether oxygens (including phenoxy) is 1. The molecule has 194 valence electrons. The van der Waals surface area contributed by atoms with E-state index >= 15 is 0 Å². The fourth-order valence-corrected chi connectivity index (χ4v) is 3.49. The molecule has 0 heterocycles. The lowest BCUT2D eigenvalue weighted by molar-refractivity contribution is -0.136. The van der Waals surface area contributed by atoms with Crippen LogP contribution in [0.1, 0.15) is 31.8 Å². The molecule has 0 aliphatic carbocycles. The van der Waals surface area contributed by atoms with Gasteiger partial charge in [0, 0.05) is 5.69 Å². The highest BCUT2D eigenvalue weighted by Gasteiger charge is 2.18. The lowest BCUT2D eigenvalue weighted by Crippen LogP contribution is -2.33. The third-order valence-corrected chi connectivity index (χ3v) is 5.49. The first-order chi connectivity index (χ1) is 18.9. The van der Waals surface area contributed by atoms with Crippen LogP contribution in [0, 0.1) is 6.92 Å². The Morgan fingerprint density at radius 3 is 2.05 bits per heavy atom. The molecular weight excluding hydrogens is 496 g/mol. The Balaban J connectivity index is 1.31. The summed E-state index contributed by atoms with van der Waals surface area (Å²) in [7, 11) is 0. The zero-order chi connectivity index (χ0) is 27.6. The van der Waals surface area contributed by atoms with Crippen LogP contribution in [0.4, 0.5) is 11.4 Å². The summed E-state index contributed by atoms with van der Waals surface area (Å²) in [6.45, 7) is 1.83. The number of para-hydroxylation sites is 2. The molecule has 3 N–H and O–H groups in total. The zero-order valence-corrected chi connectivity index (χ0v) is 20.9. The second-order valence-corrected chi connectivity index (χ2v) is 8.29. The molecule has 0 atom stereocenters. The van der Waals surface area contributed by atoms with Crippen molar-refractivity contribution in [3.63, 3.8) is 0 Å². The number of esters is 1. The first-order valence-corrected chi connectivity index (χ1v) is 11.9. The molecule has 4 aromatic carbocycles. The smallest absolute Gasteiger partial charge is 0.343 e. The number of carbonyl (C=O) groups excluding carboxylic acids is 4. The van der Waals surface area contributed by atoms with E-state index in [9.17, 15) is 19.2 Å². The maximum Gasteiger partial charge on any atom is 0.343 e. The Kier molecular flexibility index (Phi) is 8.56. The van der Waals surface area contributed by atoms with Crippen LogP contribution in [0.2, 0.25) is 0 Å². The molecule has 0 fully saturated rings. The van der Waals surface area contributed by atoms with E-state index in [0.717, 1.165) is 5.56 Å². The number of hydrazone groups is 1. The molecule has 0 saturated carbocycles. The number of hydrogen-bond acceptors (Lipinski definition) is 6. The fraction of sp³-hybridized carbons (Fsp3) is 0.0333. The second kappa shape index (κ2) is 12.6. The normalized spacial score (nSPS) is 10.5. The molecule has 0 aliphatic rings. The van der Waals surface area contributed by atoms with Gasteiger partial charge in [-0.2, -0.15) is 5.10 Å². The largest absolute Gasteiger partial charge is 0.423 e. The summed E-state index contributed by atoms with van der Waals surface area (Å²) in [6, 6.07) is 28.7. The van der Waals surface area contributed by atoms with E-state index in [1.165, 1.54) is 18.3 Å². The zero-order valence-electron chi connectivity index (χ0n) is 20.9. The van der Waals surface area contributed by atoms with E-state index in [2.05, 4.69) is 21.2 Å². The van der Waals surface area contributed by atoms with E-state index in [-0.39, 0.29) is 11.3 Å². The highest BCUT2D eigenvalue weighted by Crippen LogP contribution is 2.18. The SMILES string of the molecule is Cc1ccccc1C(=O)Oc1ccc(/C=N\NC(=O)C(=O)Nc2ccccc2C(=O)Nc2ccccc2)cc1. The molecule has 9 heteroatoms. The van der Waals surface area contributed by atoms with E-state index in [1.807, 2.05) is 25.1 Å². The van der Waals surface area contributed by atoms with Crippen molar-refractivity contribution >= 4 is 41.3 Å². The number of benzene rings is 4. The molecule has 0 spiro atoms. The number of nitrogens with one attached hydrogen (secondary N) is 3. The van der Waals surface area contributed by atoms with Crippen LogP contribution in [0.5, 0.6) is 5.75 Å². The van der Waals surface area contributed by atoms with Crippen LogP contribution in [0.25, 0.3) is 0 Å². The second-order valence-electron chi connectivity index (χ2n) is 8.29. The molecule has 9 nitrogen and oxygen atoms in total. The van der Waals surface area contributed by atoms with Gasteiger partial charge in [-0.1, -0.05) is 48.5 Å².